The Balaban J connectivity index is 2.74. The molecule has 0 spiro atoms. The van der Waals surface area contributed by atoms with E-state index in [2.05, 4.69) is 6.92 Å². The minimum atomic E-state index is -0.491. The van der Waals surface area contributed by atoms with Crippen molar-refractivity contribution in [2.75, 3.05) is 0 Å². The first kappa shape index (κ1) is 14.9. The van der Waals surface area contributed by atoms with E-state index in [1.165, 1.54) is 12.8 Å². The second kappa shape index (κ2) is 7.30. The van der Waals surface area contributed by atoms with Crippen LogP contribution in [0.3, 0.4) is 0 Å². The van der Waals surface area contributed by atoms with Crippen LogP contribution in [0.1, 0.15) is 66.1 Å². The number of benzene rings is 1. The van der Waals surface area contributed by atoms with Gasteiger partial charge in [0.1, 0.15) is 6.67 Å². The van der Waals surface area contributed by atoms with Crippen LogP contribution >= 0.6 is 0 Å². The highest BCUT2D eigenvalue weighted by atomic mass is 19.1. The SMILES string of the molecule is CCCCCCC(=O)c1ccc(C)c(CF)c1C. The molecule has 0 unspecified atom stereocenters. The maximum absolute atomic E-state index is 12.9. The lowest BCUT2D eigenvalue weighted by molar-refractivity contribution is 0.0978. The fraction of sp³-hybridized carbons (Fsp3) is 0.562. The Morgan fingerprint density at radius 1 is 1.17 bits per heavy atom. The number of hydrogen-bond acceptors (Lipinski definition) is 1. The summed E-state index contributed by atoms with van der Waals surface area (Å²) in [7, 11) is 0. The van der Waals surface area contributed by atoms with Crippen LogP contribution < -0.4 is 0 Å². The summed E-state index contributed by atoms with van der Waals surface area (Å²) >= 11 is 0. The van der Waals surface area contributed by atoms with Crippen molar-refractivity contribution >= 4 is 5.78 Å². The van der Waals surface area contributed by atoms with Crippen molar-refractivity contribution in [3.8, 4) is 0 Å². The highest BCUT2D eigenvalue weighted by Crippen LogP contribution is 2.21. The summed E-state index contributed by atoms with van der Waals surface area (Å²) in [4.78, 5) is 12.1. The summed E-state index contributed by atoms with van der Waals surface area (Å²) in [5.74, 6) is 0.151. The highest BCUT2D eigenvalue weighted by Gasteiger charge is 2.13. The molecule has 1 nitrogen and oxygen atoms in total. The van der Waals surface area contributed by atoms with Gasteiger partial charge in [-0.25, -0.2) is 4.39 Å². The van der Waals surface area contributed by atoms with Crippen LogP contribution in [-0.4, -0.2) is 5.78 Å². The van der Waals surface area contributed by atoms with Gasteiger partial charge in [-0.15, -0.1) is 0 Å². The molecule has 2 heteroatoms. The average Bonchev–Trinajstić information content (AvgIpc) is 2.35. The van der Waals surface area contributed by atoms with E-state index in [1.807, 2.05) is 26.0 Å². The first-order valence-corrected chi connectivity index (χ1v) is 6.80. The van der Waals surface area contributed by atoms with Gasteiger partial charge in [-0.3, -0.25) is 4.79 Å². The molecule has 0 saturated carbocycles. The quantitative estimate of drug-likeness (QED) is 0.495. The van der Waals surface area contributed by atoms with Crippen LogP contribution in [0.2, 0.25) is 0 Å². The van der Waals surface area contributed by atoms with Gasteiger partial charge in [-0.2, -0.15) is 0 Å². The van der Waals surface area contributed by atoms with E-state index in [-0.39, 0.29) is 5.78 Å². The predicted octanol–water partition coefficient (Wildman–Crippen LogP) is 4.93. The van der Waals surface area contributed by atoms with Crippen molar-refractivity contribution in [3.63, 3.8) is 0 Å². The third kappa shape index (κ3) is 3.66. The molecule has 1 aromatic carbocycles. The molecule has 0 saturated heterocycles. The number of hydrogen-bond donors (Lipinski definition) is 0. The minimum Gasteiger partial charge on any atom is -0.294 e. The Morgan fingerprint density at radius 3 is 2.50 bits per heavy atom. The minimum absolute atomic E-state index is 0.151. The fourth-order valence-corrected chi connectivity index (χ4v) is 2.25. The van der Waals surface area contributed by atoms with Crippen molar-refractivity contribution < 1.29 is 9.18 Å². The number of rotatable bonds is 7. The van der Waals surface area contributed by atoms with Crippen molar-refractivity contribution in [2.24, 2.45) is 0 Å². The Morgan fingerprint density at radius 2 is 1.89 bits per heavy atom. The maximum atomic E-state index is 12.9. The maximum Gasteiger partial charge on any atom is 0.163 e. The van der Waals surface area contributed by atoms with Gasteiger partial charge in [0, 0.05) is 12.0 Å². The van der Waals surface area contributed by atoms with Gasteiger partial charge in [-0.1, -0.05) is 38.3 Å². The summed E-state index contributed by atoms with van der Waals surface area (Å²) in [5.41, 5.74) is 3.12. The number of ketones is 1. The lowest BCUT2D eigenvalue weighted by Crippen LogP contribution is -2.05. The summed E-state index contributed by atoms with van der Waals surface area (Å²) in [6.07, 6.45) is 4.96. The molecule has 0 bridgehead atoms. The van der Waals surface area contributed by atoms with E-state index >= 15 is 0 Å². The number of unbranched alkanes of at least 4 members (excludes halogenated alkanes) is 3. The molecule has 0 atom stereocenters. The van der Waals surface area contributed by atoms with Crippen LogP contribution in [0.15, 0.2) is 12.1 Å². The molecule has 0 amide bonds. The Bertz CT molecular complexity index is 410. The van der Waals surface area contributed by atoms with E-state index < -0.39 is 6.67 Å². The molecule has 0 N–H and O–H groups in total. The lowest BCUT2D eigenvalue weighted by atomic mass is 9.94. The molecule has 1 aromatic rings. The second-order valence-electron chi connectivity index (χ2n) is 4.90. The first-order chi connectivity index (χ1) is 8.61. The standard InChI is InChI=1S/C16H23FO/c1-4-5-6-7-8-16(18)14-10-9-12(2)15(11-17)13(14)3/h9-10H,4-8,11H2,1-3H3. The molecule has 0 radical (unpaired) electrons. The number of halogens is 1. The number of alkyl halides is 1. The molecule has 18 heavy (non-hydrogen) atoms. The van der Waals surface area contributed by atoms with Crippen LogP contribution in [-0.2, 0) is 6.67 Å². The summed E-state index contributed by atoms with van der Waals surface area (Å²) in [6.45, 7) is 5.40. The van der Waals surface area contributed by atoms with Crippen molar-refractivity contribution in [2.45, 2.75) is 59.5 Å². The molecule has 1 rings (SSSR count). The smallest absolute Gasteiger partial charge is 0.163 e. The fourth-order valence-electron chi connectivity index (χ4n) is 2.25. The largest absolute Gasteiger partial charge is 0.294 e. The average molecular weight is 250 g/mol. The Labute approximate surface area is 109 Å². The van der Waals surface area contributed by atoms with Gasteiger partial charge in [0.25, 0.3) is 0 Å². The van der Waals surface area contributed by atoms with Gasteiger partial charge in [0.05, 0.1) is 0 Å². The molecule has 100 valence electrons. The van der Waals surface area contributed by atoms with Gasteiger partial charge in [-0.05, 0) is 37.0 Å². The molecule has 0 fully saturated rings. The second-order valence-corrected chi connectivity index (χ2v) is 4.90. The van der Waals surface area contributed by atoms with Gasteiger partial charge in [0.2, 0.25) is 0 Å². The number of Topliss-reactive ketones (excluding diaryl/α,β-unsaturated/α-hetero) is 1. The third-order valence-electron chi connectivity index (χ3n) is 3.52. The zero-order valence-electron chi connectivity index (χ0n) is 11.7. The van der Waals surface area contributed by atoms with Crippen LogP contribution in [0.5, 0.6) is 0 Å². The van der Waals surface area contributed by atoms with E-state index in [0.29, 0.717) is 17.5 Å². The molecule has 0 aliphatic heterocycles. The Hall–Kier alpha value is -1.18. The van der Waals surface area contributed by atoms with Gasteiger partial charge >= 0.3 is 0 Å². The van der Waals surface area contributed by atoms with Crippen molar-refractivity contribution in [1.29, 1.82) is 0 Å². The van der Waals surface area contributed by atoms with Crippen molar-refractivity contribution in [3.05, 3.63) is 34.4 Å². The van der Waals surface area contributed by atoms with Gasteiger partial charge in [0.15, 0.2) is 5.78 Å². The van der Waals surface area contributed by atoms with Gasteiger partial charge < -0.3 is 0 Å². The van der Waals surface area contributed by atoms with E-state index in [1.54, 1.807) is 0 Å². The molecule has 0 aliphatic carbocycles. The Kier molecular flexibility index (Phi) is 6.03. The molecular weight excluding hydrogens is 227 g/mol. The molecular formula is C16H23FO. The van der Waals surface area contributed by atoms with E-state index in [9.17, 15) is 9.18 Å². The number of carbonyl (C=O) groups is 1. The predicted molar refractivity (Wildman–Crippen MR) is 73.8 cm³/mol. The zero-order valence-corrected chi connectivity index (χ0v) is 11.7. The van der Waals surface area contributed by atoms with E-state index in [4.69, 9.17) is 0 Å². The summed E-state index contributed by atoms with van der Waals surface area (Å²) < 4.78 is 12.9. The lowest BCUT2D eigenvalue weighted by Gasteiger charge is -2.11. The van der Waals surface area contributed by atoms with Crippen LogP contribution in [0, 0.1) is 13.8 Å². The molecule has 0 heterocycles. The summed E-state index contributed by atoms with van der Waals surface area (Å²) in [6, 6.07) is 3.69. The zero-order chi connectivity index (χ0) is 13.5. The highest BCUT2D eigenvalue weighted by molar-refractivity contribution is 5.97. The third-order valence-corrected chi connectivity index (χ3v) is 3.52. The van der Waals surface area contributed by atoms with Crippen LogP contribution in [0.4, 0.5) is 4.39 Å². The van der Waals surface area contributed by atoms with E-state index in [0.717, 1.165) is 24.0 Å². The molecule has 0 aliphatic rings. The number of aryl methyl sites for hydroxylation is 1. The summed E-state index contributed by atoms with van der Waals surface area (Å²) in [5, 5.41) is 0. The normalized spacial score (nSPS) is 10.7. The van der Waals surface area contributed by atoms with Crippen molar-refractivity contribution in [1.82, 2.24) is 0 Å². The topological polar surface area (TPSA) is 17.1 Å². The molecule has 0 aromatic heterocycles. The first-order valence-electron chi connectivity index (χ1n) is 6.80. The monoisotopic (exact) mass is 250 g/mol. The number of carbonyl (C=O) groups excluding carboxylic acids is 1. The van der Waals surface area contributed by atoms with Crippen LogP contribution in [0.25, 0.3) is 0 Å².